The van der Waals surface area contributed by atoms with Crippen LogP contribution >= 0.6 is 0 Å². The fourth-order valence-corrected chi connectivity index (χ4v) is 4.01. The zero-order chi connectivity index (χ0) is 17.9. The highest BCUT2D eigenvalue weighted by molar-refractivity contribution is 7.84. The average Bonchev–Trinajstić information content (AvgIpc) is 2.51. The summed E-state index contributed by atoms with van der Waals surface area (Å²) in [6.45, 7) is 17.0. The Morgan fingerprint density at radius 3 is 2.09 bits per heavy atom. The lowest BCUT2D eigenvalue weighted by Crippen LogP contribution is -2.48. The van der Waals surface area contributed by atoms with Crippen LogP contribution in [0.5, 0.6) is 0 Å². The second kappa shape index (κ2) is 11.4. The molecule has 1 N–H and O–H groups in total. The maximum atomic E-state index is 12.7. The standard InChI is InChI=1S/C20H41NOS/c1-8-12-14-15-17-20(10-3,11-4)18(16-13-9-2)21-23(22)19(5,6)7/h10,18,21H,3,8-9,11-17H2,1-2,4-7H3/t18-,20-,23?/m1/s1. The van der Waals surface area contributed by atoms with Gasteiger partial charge in [-0.15, -0.1) is 6.58 Å². The molecule has 0 heterocycles. The van der Waals surface area contributed by atoms with Gasteiger partial charge in [0, 0.05) is 11.5 Å². The summed E-state index contributed by atoms with van der Waals surface area (Å²) < 4.78 is 15.9. The molecule has 0 aromatic carbocycles. The molecule has 2 nitrogen and oxygen atoms in total. The number of hydrogen-bond donors (Lipinski definition) is 1. The maximum Gasteiger partial charge on any atom is 0.0973 e. The third-order valence-electron chi connectivity index (χ3n) is 4.91. The highest BCUT2D eigenvalue weighted by Crippen LogP contribution is 2.37. The molecule has 0 fully saturated rings. The van der Waals surface area contributed by atoms with Crippen molar-refractivity contribution in [2.75, 3.05) is 0 Å². The van der Waals surface area contributed by atoms with Crippen LogP contribution in [0.1, 0.15) is 99.3 Å². The van der Waals surface area contributed by atoms with Gasteiger partial charge >= 0.3 is 0 Å². The third-order valence-corrected chi connectivity index (χ3v) is 6.52. The van der Waals surface area contributed by atoms with E-state index in [0.29, 0.717) is 0 Å². The molecule has 0 bridgehead atoms. The summed E-state index contributed by atoms with van der Waals surface area (Å²) in [5.74, 6) is 0. The Kier molecular flexibility index (Phi) is 11.3. The fraction of sp³-hybridized carbons (Fsp3) is 0.900. The molecule has 0 spiro atoms. The number of nitrogens with one attached hydrogen (secondary N) is 1. The van der Waals surface area contributed by atoms with Gasteiger partial charge in [-0.2, -0.15) is 0 Å². The predicted octanol–water partition coefficient (Wildman–Crippen LogP) is 6.15. The lowest BCUT2D eigenvalue weighted by Gasteiger charge is -2.39. The summed E-state index contributed by atoms with van der Waals surface area (Å²) >= 11 is 0. The van der Waals surface area contributed by atoms with Crippen molar-refractivity contribution < 1.29 is 4.21 Å². The van der Waals surface area contributed by atoms with Crippen LogP contribution in [0.4, 0.5) is 0 Å². The molecule has 0 radical (unpaired) electrons. The molecule has 0 rings (SSSR count). The van der Waals surface area contributed by atoms with E-state index >= 15 is 0 Å². The van der Waals surface area contributed by atoms with Crippen molar-refractivity contribution in [1.82, 2.24) is 4.72 Å². The van der Waals surface area contributed by atoms with Gasteiger partial charge < -0.3 is 0 Å². The fourth-order valence-electron chi connectivity index (χ4n) is 3.04. The van der Waals surface area contributed by atoms with E-state index < -0.39 is 11.0 Å². The Labute approximate surface area is 148 Å². The largest absolute Gasteiger partial charge is 0.242 e. The van der Waals surface area contributed by atoms with Gasteiger partial charge in [0.1, 0.15) is 0 Å². The highest BCUT2D eigenvalue weighted by Gasteiger charge is 2.36. The van der Waals surface area contributed by atoms with E-state index in [0.717, 1.165) is 19.3 Å². The molecule has 0 aliphatic rings. The van der Waals surface area contributed by atoms with E-state index in [1.165, 1.54) is 38.5 Å². The Balaban J connectivity index is 5.14. The van der Waals surface area contributed by atoms with Gasteiger partial charge in [-0.25, -0.2) is 8.93 Å². The first-order valence-corrected chi connectivity index (χ1v) is 10.7. The zero-order valence-electron chi connectivity index (χ0n) is 16.5. The molecular formula is C20H41NOS. The minimum absolute atomic E-state index is 0.0593. The van der Waals surface area contributed by atoms with Crippen molar-refractivity contribution in [3.63, 3.8) is 0 Å². The predicted molar refractivity (Wildman–Crippen MR) is 106 cm³/mol. The van der Waals surface area contributed by atoms with Crippen molar-refractivity contribution >= 4 is 11.0 Å². The third kappa shape index (κ3) is 7.98. The summed E-state index contributed by atoms with van der Waals surface area (Å²) in [5, 5.41) is 0. The number of rotatable bonds is 13. The Bertz CT molecular complexity index is 348. The first-order valence-electron chi connectivity index (χ1n) is 9.59. The highest BCUT2D eigenvalue weighted by atomic mass is 32.2. The van der Waals surface area contributed by atoms with Crippen LogP contribution in [0.15, 0.2) is 12.7 Å². The van der Waals surface area contributed by atoms with E-state index in [1.807, 2.05) is 20.8 Å². The molecular weight excluding hydrogens is 302 g/mol. The van der Waals surface area contributed by atoms with Gasteiger partial charge in [0.05, 0.1) is 15.7 Å². The van der Waals surface area contributed by atoms with Gasteiger partial charge in [-0.1, -0.05) is 65.4 Å². The Morgan fingerprint density at radius 1 is 1.04 bits per heavy atom. The van der Waals surface area contributed by atoms with Crippen molar-refractivity contribution in [3.05, 3.63) is 12.7 Å². The van der Waals surface area contributed by atoms with Crippen molar-refractivity contribution in [3.8, 4) is 0 Å². The molecule has 3 atom stereocenters. The normalized spacial score (nSPS) is 17.5. The number of hydrogen-bond acceptors (Lipinski definition) is 1. The van der Waals surface area contributed by atoms with Gasteiger partial charge in [-0.05, 0) is 40.0 Å². The monoisotopic (exact) mass is 343 g/mol. The molecule has 0 aliphatic heterocycles. The van der Waals surface area contributed by atoms with Crippen LogP contribution < -0.4 is 4.72 Å². The second-order valence-corrected chi connectivity index (χ2v) is 9.79. The van der Waals surface area contributed by atoms with Crippen molar-refractivity contribution in [1.29, 1.82) is 0 Å². The average molecular weight is 344 g/mol. The van der Waals surface area contributed by atoms with Crippen molar-refractivity contribution in [2.45, 2.75) is 110 Å². The Morgan fingerprint density at radius 2 is 1.65 bits per heavy atom. The van der Waals surface area contributed by atoms with E-state index in [1.54, 1.807) is 0 Å². The van der Waals surface area contributed by atoms with E-state index in [4.69, 9.17) is 0 Å². The molecule has 23 heavy (non-hydrogen) atoms. The molecule has 0 aromatic heterocycles. The smallest absolute Gasteiger partial charge is 0.0973 e. The van der Waals surface area contributed by atoms with Gasteiger partial charge in [0.2, 0.25) is 0 Å². The number of unbranched alkanes of at least 4 members (excludes halogenated alkanes) is 4. The topological polar surface area (TPSA) is 29.1 Å². The molecule has 0 aliphatic carbocycles. The minimum Gasteiger partial charge on any atom is -0.242 e. The van der Waals surface area contributed by atoms with Crippen LogP contribution in [0.3, 0.4) is 0 Å². The molecule has 138 valence electrons. The lowest BCUT2D eigenvalue weighted by molar-refractivity contribution is 0.230. The van der Waals surface area contributed by atoms with E-state index in [9.17, 15) is 4.21 Å². The van der Waals surface area contributed by atoms with Gasteiger partial charge in [0.15, 0.2) is 0 Å². The lowest BCUT2D eigenvalue weighted by atomic mass is 9.72. The molecule has 0 aromatic rings. The molecule has 0 amide bonds. The van der Waals surface area contributed by atoms with Gasteiger partial charge in [0.25, 0.3) is 0 Å². The molecule has 3 heteroatoms. The van der Waals surface area contributed by atoms with Crippen molar-refractivity contribution in [2.24, 2.45) is 5.41 Å². The molecule has 0 saturated carbocycles. The van der Waals surface area contributed by atoms with E-state index in [-0.39, 0.29) is 16.2 Å². The second-order valence-electron chi connectivity index (χ2n) is 7.80. The maximum absolute atomic E-state index is 12.7. The van der Waals surface area contributed by atoms with Crippen LogP contribution in [0, 0.1) is 5.41 Å². The van der Waals surface area contributed by atoms with Crippen LogP contribution in [0.2, 0.25) is 0 Å². The first kappa shape index (κ1) is 22.9. The SMILES string of the molecule is C=C[C@@](CC)(CCCCCC)[C@@H](CCCC)NS(=O)C(C)(C)C. The van der Waals surface area contributed by atoms with E-state index in [2.05, 4.69) is 38.1 Å². The summed E-state index contributed by atoms with van der Waals surface area (Å²) in [6, 6.07) is 0.256. The van der Waals surface area contributed by atoms with Crippen LogP contribution in [0.25, 0.3) is 0 Å². The molecule has 0 saturated heterocycles. The summed E-state index contributed by atoms with van der Waals surface area (Å²) in [4.78, 5) is 0. The van der Waals surface area contributed by atoms with Crippen LogP contribution in [-0.2, 0) is 11.0 Å². The minimum atomic E-state index is -1.03. The summed E-state index contributed by atoms with van der Waals surface area (Å²) in [6.07, 6.45) is 12.9. The Hall–Kier alpha value is -0.150. The quantitative estimate of drug-likeness (QED) is 0.315. The van der Waals surface area contributed by atoms with Crippen LogP contribution in [-0.4, -0.2) is 15.0 Å². The summed E-state index contributed by atoms with van der Waals surface area (Å²) in [7, 11) is -1.03. The first-order chi connectivity index (χ1) is 10.8. The van der Waals surface area contributed by atoms with Gasteiger partial charge in [-0.3, -0.25) is 0 Å². The molecule has 1 unspecified atom stereocenters. The summed E-state index contributed by atoms with van der Waals surface area (Å²) in [5.41, 5.74) is 0.0593. The zero-order valence-corrected chi connectivity index (χ0v) is 17.4.